The number of hydrogen-bond acceptors (Lipinski definition) is 2. The molecule has 0 fully saturated rings. The molecule has 0 saturated heterocycles. The molecular formula is C12H13F6NO. The van der Waals surface area contributed by atoms with Gasteiger partial charge < -0.3 is 5.11 Å². The zero-order chi connectivity index (χ0) is 15.6. The van der Waals surface area contributed by atoms with Gasteiger partial charge in [0.05, 0.1) is 24.3 Å². The highest BCUT2D eigenvalue weighted by Gasteiger charge is 2.35. The molecule has 8 heteroatoms. The van der Waals surface area contributed by atoms with Crippen LogP contribution in [-0.4, -0.2) is 24.4 Å². The van der Waals surface area contributed by atoms with Crippen LogP contribution in [0.1, 0.15) is 18.1 Å². The number of alkyl halides is 6. The molecule has 0 saturated carbocycles. The molecule has 1 atom stereocenters. The van der Waals surface area contributed by atoms with Crippen LogP contribution in [0.4, 0.5) is 26.3 Å². The predicted octanol–water partition coefficient (Wildman–Crippen LogP) is 3.06. The van der Waals surface area contributed by atoms with Gasteiger partial charge in [-0.1, -0.05) is 12.1 Å². The van der Waals surface area contributed by atoms with Gasteiger partial charge in [-0.05, 0) is 24.6 Å². The summed E-state index contributed by atoms with van der Waals surface area (Å²) in [5.74, 6) is 0. The van der Waals surface area contributed by atoms with Gasteiger partial charge in [0.15, 0.2) is 0 Å². The molecule has 114 valence electrons. The summed E-state index contributed by atoms with van der Waals surface area (Å²) in [5, 5.41) is 11.3. The van der Waals surface area contributed by atoms with Crippen molar-refractivity contribution in [1.29, 1.82) is 0 Å². The molecule has 2 nitrogen and oxygen atoms in total. The van der Waals surface area contributed by atoms with Crippen LogP contribution < -0.4 is 5.32 Å². The number of aliphatic hydroxyl groups excluding tert-OH is 1. The van der Waals surface area contributed by atoms with Crippen LogP contribution >= 0.6 is 0 Å². The van der Waals surface area contributed by atoms with E-state index in [1.54, 1.807) is 0 Å². The second-order valence-electron chi connectivity index (χ2n) is 4.53. The molecule has 0 radical (unpaired) electrons. The molecule has 20 heavy (non-hydrogen) atoms. The van der Waals surface area contributed by atoms with E-state index in [0.717, 1.165) is 24.3 Å². The Bertz CT molecular complexity index is 439. The zero-order valence-electron chi connectivity index (χ0n) is 10.4. The minimum Gasteiger partial charge on any atom is -0.394 e. The molecule has 0 aromatic heterocycles. The van der Waals surface area contributed by atoms with E-state index >= 15 is 0 Å². The smallest absolute Gasteiger partial charge is 0.394 e. The summed E-state index contributed by atoms with van der Waals surface area (Å²) in [7, 11) is 0. The number of aliphatic hydroxyl groups is 1. The third kappa shape index (κ3) is 4.38. The lowest BCUT2D eigenvalue weighted by molar-refractivity contribution is -0.137. The minimum absolute atomic E-state index is 0.136. The fraction of sp³-hybridized carbons (Fsp3) is 0.500. The molecule has 0 bridgehead atoms. The van der Waals surface area contributed by atoms with Gasteiger partial charge in [-0.2, -0.15) is 26.3 Å². The van der Waals surface area contributed by atoms with Crippen molar-refractivity contribution < 1.29 is 31.4 Å². The second-order valence-corrected chi connectivity index (χ2v) is 4.53. The number of hydrogen-bond donors (Lipinski definition) is 2. The van der Waals surface area contributed by atoms with Gasteiger partial charge in [0, 0.05) is 0 Å². The first-order chi connectivity index (χ1) is 8.98. The second kappa shape index (κ2) is 5.61. The quantitative estimate of drug-likeness (QED) is 0.838. The van der Waals surface area contributed by atoms with E-state index in [-0.39, 0.29) is 5.56 Å². The predicted molar refractivity (Wildman–Crippen MR) is 59.9 cm³/mol. The third-order valence-corrected chi connectivity index (χ3v) is 2.84. The average Bonchev–Trinajstić information content (AvgIpc) is 2.34. The van der Waals surface area contributed by atoms with Crippen LogP contribution in [0.2, 0.25) is 0 Å². The fourth-order valence-electron chi connectivity index (χ4n) is 1.57. The highest BCUT2D eigenvalue weighted by atomic mass is 19.4. The molecule has 0 spiro atoms. The molecule has 1 rings (SSSR count). The third-order valence-electron chi connectivity index (χ3n) is 2.84. The molecule has 0 aliphatic carbocycles. The lowest BCUT2D eigenvalue weighted by atomic mass is 9.92. The Morgan fingerprint density at radius 2 is 1.40 bits per heavy atom. The van der Waals surface area contributed by atoms with E-state index in [9.17, 15) is 31.4 Å². The van der Waals surface area contributed by atoms with E-state index in [1.165, 1.54) is 6.92 Å². The van der Waals surface area contributed by atoms with Crippen LogP contribution in [0.25, 0.3) is 0 Å². The van der Waals surface area contributed by atoms with Crippen molar-refractivity contribution in [1.82, 2.24) is 5.32 Å². The number of nitrogens with one attached hydrogen (secondary N) is 1. The van der Waals surface area contributed by atoms with Crippen molar-refractivity contribution in [2.24, 2.45) is 0 Å². The lowest BCUT2D eigenvalue weighted by Crippen LogP contribution is -2.47. The van der Waals surface area contributed by atoms with E-state index in [0.29, 0.717) is 0 Å². The van der Waals surface area contributed by atoms with Gasteiger partial charge >= 0.3 is 12.4 Å². The Kier molecular flexibility index (Phi) is 4.70. The summed E-state index contributed by atoms with van der Waals surface area (Å²) in [4.78, 5) is 0. The molecule has 0 amide bonds. The van der Waals surface area contributed by atoms with E-state index in [1.807, 2.05) is 0 Å². The Morgan fingerprint density at radius 1 is 0.950 bits per heavy atom. The molecule has 0 heterocycles. The minimum atomic E-state index is -4.52. The van der Waals surface area contributed by atoms with Crippen LogP contribution in [-0.2, 0) is 11.7 Å². The van der Waals surface area contributed by atoms with Gasteiger partial charge in [0.1, 0.15) is 0 Å². The van der Waals surface area contributed by atoms with Gasteiger partial charge in [-0.25, -0.2) is 0 Å². The molecule has 0 aliphatic rings. The summed E-state index contributed by atoms with van der Waals surface area (Å²) in [5.41, 5.74) is -2.24. The maximum Gasteiger partial charge on any atom is 0.416 e. The largest absolute Gasteiger partial charge is 0.416 e. The zero-order valence-corrected chi connectivity index (χ0v) is 10.4. The number of rotatable bonds is 4. The maximum absolute atomic E-state index is 12.4. The van der Waals surface area contributed by atoms with Gasteiger partial charge in [0.25, 0.3) is 0 Å². The van der Waals surface area contributed by atoms with E-state index in [2.05, 4.69) is 5.32 Å². The summed E-state index contributed by atoms with van der Waals surface area (Å²) < 4.78 is 73.7. The Hall–Kier alpha value is -1.28. The van der Waals surface area contributed by atoms with Gasteiger partial charge in [-0.15, -0.1) is 0 Å². The Labute approximate surface area is 111 Å². The normalized spacial score (nSPS) is 16.0. The van der Waals surface area contributed by atoms with Crippen LogP contribution in [0, 0.1) is 0 Å². The van der Waals surface area contributed by atoms with Gasteiger partial charge in [-0.3, -0.25) is 5.32 Å². The van der Waals surface area contributed by atoms with Gasteiger partial charge in [0.2, 0.25) is 0 Å². The first kappa shape index (κ1) is 16.8. The standard InChI is InChI=1S/C12H13F6NO/c1-10(7-20,19-6-11(13,14)15)8-2-4-9(5-3-8)12(16,17)18/h2-5,19-20H,6-7H2,1H3. The first-order valence-electron chi connectivity index (χ1n) is 5.58. The van der Waals surface area contributed by atoms with Crippen LogP contribution in [0.5, 0.6) is 0 Å². The molecular weight excluding hydrogens is 288 g/mol. The van der Waals surface area contributed by atoms with Crippen molar-refractivity contribution in [3.63, 3.8) is 0 Å². The average molecular weight is 301 g/mol. The summed E-state index contributed by atoms with van der Waals surface area (Å²) >= 11 is 0. The molecule has 1 aromatic rings. The van der Waals surface area contributed by atoms with Crippen LogP contribution in [0.15, 0.2) is 24.3 Å². The summed E-state index contributed by atoms with van der Waals surface area (Å²) in [6, 6.07) is 3.61. The van der Waals surface area contributed by atoms with Crippen molar-refractivity contribution in [2.45, 2.75) is 24.8 Å². The van der Waals surface area contributed by atoms with Crippen LogP contribution in [0.3, 0.4) is 0 Å². The fourth-order valence-corrected chi connectivity index (χ4v) is 1.57. The van der Waals surface area contributed by atoms with Crippen molar-refractivity contribution in [3.8, 4) is 0 Å². The van der Waals surface area contributed by atoms with E-state index < -0.39 is 36.6 Å². The Balaban J connectivity index is 2.94. The highest BCUT2D eigenvalue weighted by Crippen LogP contribution is 2.31. The topological polar surface area (TPSA) is 32.3 Å². The summed E-state index contributed by atoms with van der Waals surface area (Å²) in [6.07, 6.45) is -9.00. The van der Waals surface area contributed by atoms with Crippen molar-refractivity contribution in [2.75, 3.05) is 13.2 Å². The first-order valence-corrected chi connectivity index (χ1v) is 5.58. The monoisotopic (exact) mass is 301 g/mol. The lowest BCUT2D eigenvalue weighted by Gasteiger charge is -2.30. The highest BCUT2D eigenvalue weighted by molar-refractivity contribution is 5.29. The Morgan fingerprint density at radius 3 is 1.75 bits per heavy atom. The molecule has 1 aromatic carbocycles. The SMILES string of the molecule is CC(CO)(NCC(F)(F)F)c1ccc(C(F)(F)F)cc1. The summed E-state index contributed by atoms with van der Waals surface area (Å²) in [6.45, 7) is -0.763. The number of halogens is 6. The molecule has 1 unspecified atom stereocenters. The molecule has 0 aliphatic heterocycles. The molecule has 2 N–H and O–H groups in total. The van der Waals surface area contributed by atoms with E-state index in [4.69, 9.17) is 0 Å². The van der Waals surface area contributed by atoms with Crippen molar-refractivity contribution in [3.05, 3.63) is 35.4 Å². The maximum atomic E-state index is 12.4. The number of benzene rings is 1. The van der Waals surface area contributed by atoms with Crippen molar-refractivity contribution >= 4 is 0 Å².